The Labute approximate surface area is 106 Å². The van der Waals surface area contributed by atoms with Gasteiger partial charge in [0.25, 0.3) is 0 Å². The number of β-amino-alcohol motifs (C(OH)–C–C–N with tert-alkyl or cyclic N) is 1. The second kappa shape index (κ2) is 6.17. The number of hydrogen-bond acceptors (Lipinski definition) is 3. The summed E-state index contributed by atoms with van der Waals surface area (Å²) in [5.74, 6) is 0. The monoisotopic (exact) mass is 240 g/mol. The standard InChI is InChI=1S/C14H28N2O/c1-15-11-14(7-4-2-3-5-8-14)12-16-9-6-13(17)10-16/h13,15,17H,2-12H2,1H3. The van der Waals surface area contributed by atoms with Gasteiger partial charge >= 0.3 is 0 Å². The van der Waals surface area contributed by atoms with E-state index in [2.05, 4.69) is 17.3 Å². The quantitative estimate of drug-likeness (QED) is 0.733. The SMILES string of the molecule is CNCC1(CN2CCC(O)C2)CCCCCC1. The van der Waals surface area contributed by atoms with E-state index < -0.39 is 0 Å². The maximum atomic E-state index is 9.64. The van der Waals surface area contributed by atoms with Crippen molar-refractivity contribution in [1.29, 1.82) is 0 Å². The van der Waals surface area contributed by atoms with E-state index in [0.29, 0.717) is 5.41 Å². The van der Waals surface area contributed by atoms with Gasteiger partial charge in [0.1, 0.15) is 0 Å². The summed E-state index contributed by atoms with van der Waals surface area (Å²) in [4.78, 5) is 2.48. The highest BCUT2D eigenvalue weighted by molar-refractivity contribution is 4.89. The van der Waals surface area contributed by atoms with E-state index in [0.717, 1.165) is 26.1 Å². The summed E-state index contributed by atoms with van der Waals surface area (Å²) < 4.78 is 0. The van der Waals surface area contributed by atoms with E-state index in [-0.39, 0.29) is 6.10 Å². The van der Waals surface area contributed by atoms with E-state index in [9.17, 15) is 5.11 Å². The van der Waals surface area contributed by atoms with Gasteiger partial charge in [0, 0.05) is 26.2 Å². The van der Waals surface area contributed by atoms with Crippen LogP contribution in [-0.4, -0.2) is 49.3 Å². The second-order valence-corrected chi connectivity index (χ2v) is 6.12. The third-order valence-electron chi connectivity index (χ3n) is 4.52. The Morgan fingerprint density at radius 2 is 1.94 bits per heavy atom. The summed E-state index contributed by atoms with van der Waals surface area (Å²) >= 11 is 0. The Morgan fingerprint density at radius 1 is 1.24 bits per heavy atom. The number of aliphatic hydroxyl groups excluding tert-OH is 1. The van der Waals surface area contributed by atoms with Crippen LogP contribution in [0.4, 0.5) is 0 Å². The largest absolute Gasteiger partial charge is 0.392 e. The van der Waals surface area contributed by atoms with Crippen LogP contribution in [0.2, 0.25) is 0 Å². The number of likely N-dealkylation sites (tertiary alicyclic amines) is 1. The van der Waals surface area contributed by atoms with Crippen molar-refractivity contribution in [3.8, 4) is 0 Å². The number of aliphatic hydroxyl groups is 1. The Kier molecular flexibility index (Phi) is 4.83. The summed E-state index contributed by atoms with van der Waals surface area (Å²) in [5, 5.41) is 13.0. The molecule has 0 radical (unpaired) electrons. The molecule has 0 aromatic carbocycles. The van der Waals surface area contributed by atoms with Crippen molar-refractivity contribution in [2.75, 3.05) is 33.2 Å². The first-order valence-corrected chi connectivity index (χ1v) is 7.29. The zero-order chi connectivity index (χ0) is 12.1. The van der Waals surface area contributed by atoms with E-state index in [4.69, 9.17) is 0 Å². The van der Waals surface area contributed by atoms with Crippen LogP contribution < -0.4 is 5.32 Å². The molecule has 3 nitrogen and oxygen atoms in total. The average Bonchev–Trinajstić information content (AvgIpc) is 2.57. The predicted molar refractivity (Wildman–Crippen MR) is 71.1 cm³/mol. The maximum absolute atomic E-state index is 9.64. The molecule has 1 saturated carbocycles. The summed E-state index contributed by atoms with van der Waals surface area (Å²) in [6, 6.07) is 0. The van der Waals surface area contributed by atoms with Crippen LogP contribution in [0.15, 0.2) is 0 Å². The molecule has 1 atom stereocenters. The molecule has 0 aromatic heterocycles. The molecular weight excluding hydrogens is 212 g/mol. The lowest BCUT2D eigenvalue weighted by Crippen LogP contribution is -2.42. The Hall–Kier alpha value is -0.120. The first kappa shape index (κ1) is 13.3. The van der Waals surface area contributed by atoms with Crippen molar-refractivity contribution in [2.45, 2.75) is 51.0 Å². The normalized spacial score (nSPS) is 30.4. The number of hydrogen-bond donors (Lipinski definition) is 2. The number of nitrogens with one attached hydrogen (secondary N) is 1. The molecule has 0 bridgehead atoms. The number of nitrogens with zero attached hydrogens (tertiary/aromatic N) is 1. The van der Waals surface area contributed by atoms with Crippen LogP contribution in [-0.2, 0) is 0 Å². The fraction of sp³-hybridized carbons (Fsp3) is 1.00. The van der Waals surface area contributed by atoms with E-state index in [1.807, 2.05) is 0 Å². The lowest BCUT2D eigenvalue weighted by atomic mass is 9.79. The summed E-state index contributed by atoms with van der Waals surface area (Å²) in [5.41, 5.74) is 0.468. The highest BCUT2D eigenvalue weighted by Gasteiger charge is 2.34. The molecule has 1 aliphatic carbocycles. The van der Waals surface area contributed by atoms with Gasteiger partial charge in [-0.1, -0.05) is 25.7 Å². The fourth-order valence-corrected chi connectivity index (χ4v) is 3.67. The van der Waals surface area contributed by atoms with Crippen LogP contribution in [0.25, 0.3) is 0 Å². The van der Waals surface area contributed by atoms with E-state index >= 15 is 0 Å². The molecule has 1 saturated heterocycles. The first-order chi connectivity index (χ1) is 8.24. The average molecular weight is 240 g/mol. The van der Waals surface area contributed by atoms with Crippen LogP contribution >= 0.6 is 0 Å². The van der Waals surface area contributed by atoms with Crippen molar-refractivity contribution in [3.63, 3.8) is 0 Å². The van der Waals surface area contributed by atoms with Gasteiger partial charge in [-0.2, -0.15) is 0 Å². The molecule has 2 aliphatic rings. The highest BCUT2D eigenvalue weighted by Crippen LogP contribution is 2.36. The van der Waals surface area contributed by atoms with Crippen molar-refractivity contribution in [2.24, 2.45) is 5.41 Å². The fourth-order valence-electron chi connectivity index (χ4n) is 3.67. The summed E-state index contributed by atoms with van der Waals surface area (Å²) in [7, 11) is 2.07. The second-order valence-electron chi connectivity index (χ2n) is 6.12. The third kappa shape index (κ3) is 3.67. The molecular formula is C14H28N2O. The minimum absolute atomic E-state index is 0.0765. The van der Waals surface area contributed by atoms with Crippen LogP contribution in [0, 0.1) is 5.41 Å². The molecule has 2 rings (SSSR count). The van der Waals surface area contributed by atoms with Gasteiger partial charge in [0.05, 0.1) is 6.10 Å². The van der Waals surface area contributed by atoms with E-state index in [1.54, 1.807) is 0 Å². The first-order valence-electron chi connectivity index (χ1n) is 7.29. The molecule has 0 aromatic rings. The van der Waals surface area contributed by atoms with Gasteiger partial charge in [0.15, 0.2) is 0 Å². The zero-order valence-corrected chi connectivity index (χ0v) is 11.2. The molecule has 3 heteroatoms. The number of rotatable bonds is 4. The molecule has 1 aliphatic heterocycles. The van der Waals surface area contributed by atoms with Gasteiger partial charge < -0.3 is 15.3 Å². The van der Waals surface area contributed by atoms with Gasteiger partial charge in [0.2, 0.25) is 0 Å². The van der Waals surface area contributed by atoms with Gasteiger partial charge in [-0.25, -0.2) is 0 Å². The highest BCUT2D eigenvalue weighted by atomic mass is 16.3. The van der Waals surface area contributed by atoms with Gasteiger partial charge in [-0.15, -0.1) is 0 Å². The predicted octanol–water partition coefficient (Wildman–Crippen LogP) is 1.61. The molecule has 1 unspecified atom stereocenters. The maximum Gasteiger partial charge on any atom is 0.0679 e. The molecule has 1 heterocycles. The van der Waals surface area contributed by atoms with Gasteiger partial charge in [-0.05, 0) is 31.7 Å². The third-order valence-corrected chi connectivity index (χ3v) is 4.52. The molecule has 0 spiro atoms. The van der Waals surface area contributed by atoms with E-state index in [1.165, 1.54) is 45.1 Å². The summed E-state index contributed by atoms with van der Waals surface area (Å²) in [6.45, 7) is 4.31. The van der Waals surface area contributed by atoms with Crippen LogP contribution in [0.1, 0.15) is 44.9 Å². The zero-order valence-electron chi connectivity index (χ0n) is 11.2. The van der Waals surface area contributed by atoms with Crippen molar-refractivity contribution >= 4 is 0 Å². The minimum Gasteiger partial charge on any atom is -0.392 e. The van der Waals surface area contributed by atoms with Crippen LogP contribution in [0.3, 0.4) is 0 Å². The van der Waals surface area contributed by atoms with Gasteiger partial charge in [-0.3, -0.25) is 0 Å². The topological polar surface area (TPSA) is 35.5 Å². The molecule has 17 heavy (non-hydrogen) atoms. The van der Waals surface area contributed by atoms with Crippen molar-refractivity contribution in [3.05, 3.63) is 0 Å². The summed E-state index contributed by atoms with van der Waals surface area (Å²) in [6.07, 6.45) is 9.21. The van der Waals surface area contributed by atoms with Crippen molar-refractivity contribution in [1.82, 2.24) is 10.2 Å². The lowest BCUT2D eigenvalue weighted by Gasteiger charge is -2.36. The van der Waals surface area contributed by atoms with Crippen LogP contribution in [0.5, 0.6) is 0 Å². The Morgan fingerprint density at radius 3 is 2.47 bits per heavy atom. The minimum atomic E-state index is -0.0765. The Bertz CT molecular complexity index is 224. The molecule has 100 valence electrons. The Balaban J connectivity index is 1.94. The lowest BCUT2D eigenvalue weighted by molar-refractivity contribution is 0.126. The smallest absolute Gasteiger partial charge is 0.0679 e. The molecule has 2 N–H and O–H groups in total. The molecule has 2 fully saturated rings. The molecule has 0 amide bonds. The van der Waals surface area contributed by atoms with Crippen molar-refractivity contribution < 1.29 is 5.11 Å².